The van der Waals surface area contributed by atoms with Gasteiger partial charge in [-0.25, -0.2) is 0 Å². The van der Waals surface area contributed by atoms with Crippen LogP contribution in [-0.4, -0.2) is 65.2 Å². The number of morpholine rings is 1. The average Bonchev–Trinajstić information content (AvgIpc) is 2.94. The van der Waals surface area contributed by atoms with Gasteiger partial charge in [0.1, 0.15) is 5.54 Å². The molecule has 6 nitrogen and oxygen atoms in total. The Balaban J connectivity index is 1.51. The molecule has 2 aromatic rings. The van der Waals surface area contributed by atoms with Gasteiger partial charge in [-0.3, -0.25) is 14.6 Å². The molecule has 3 heterocycles. The fourth-order valence-corrected chi connectivity index (χ4v) is 4.81. The molecule has 4 rings (SSSR count). The molecule has 6 heteroatoms. The first-order chi connectivity index (χ1) is 13.0. The third-order valence-corrected chi connectivity index (χ3v) is 6.67. The quantitative estimate of drug-likeness (QED) is 0.889. The molecule has 0 bridgehead atoms. The number of para-hydroxylation sites is 1. The van der Waals surface area contributed by atoms with Crippen LogP contribution in [0.2, 0.25) is 0 Å². The molecular weight excluding hydrogens is 340 g/mol. The lowest BCUT2D eigenvalue weighted by Gasteiger charge is -2.48. The van der Waals surface area contributed by atoms with E-state index in [2.05, 4.69) is 52.6 Å². The van der Waals surface area contributed by atoms with Gasteiger partial charge in [-0.05, 0) is 31.4 Å². The van der Waals surface area contributed by atoms with E-state index in [9.17, 15) is 4.79 Å². The average molecular weight is 370 g/mol. The minimum Gasteiger partial charge on any atom is -0.379 e. The number of piperidine rings is 1. The van der Waals surface area contributed by atoms with Crippen molar-refractivity contribution in [3.05, 3.63) is 35.5 Å². The number of benzene rings is 1. The summed E-state index contributed by atoms with van der Waals surface area (Å²) in [7, 11) is 2.13. The molecule has 0 aliphatic carbocycles. The fourth-order valence-electron chi connectivity index (χ4n) is 4.81. The van der Waals surface area contributed by atoms with Crippen molar-refractivity contribution in [2.24, 2.45) is 12.8 Å². The van der Waals surface area contributed by atoms with E-state index < -0.39 is 5.54 Å². The van der Waals surface area contributed by atoms with Crippen LogP contribution in [0.25, 0.3) is 10.9 Å². The minimum absolute atomic E-state index is 0.176. The van der Waals surface area contributed by atoms with E-state index >= 15 is 0 Å². The molecule has 0 spiro atoms. The molecule has 2 fully saturated rings. The maximum atomic E-state index is 12.4. The van der Waals surface area contributed by atoms with Crippen molar-refractivity contribution in [2.75, 3.05) is 39.4 Å². The summed E-state index contributed by atoms with van der Waals surface area (Å²) in [6.45, 7) is 7.87. The van der Waals surface area contributed by atoms with Gasteiger partial charge in [0.05, 0.1) is 13.2 Å². The Morgan fingerprint density at radius 3 is 2.48 bits per heavy atom. The van der Waals surface area contributed by atoms with Crippen molar-refractivity contribution < 1.29 is 9.53 Å². The maximum absolute atomic E-state index is 12.4. The van der Waals surface area contributed by atoms with E-state index in [0.717, 1.165) is 45.6 Å². The SMILES string of the molecule is Cc1c(CN2CCC(C(N)=O)(N3CCOCC3)CC2)c2ccccc2n1C. The van der Waals surface area contributed by atoms with Crippen LogP contribution in [0, 0.1) is 6.92 Å². The van der Waals surface area contributed by atoms with Gasteiger partial charge in [0, 0.05) is 56.4 Å². The second-order valence-corrected chi connectivity index (χ2v) is 7.91. The number of primary amides is 1. The number of aryl methyl sites for hydroxylation is 1. The van der Waals surface area contributed by atoms with Crippen LogP contribution in [0.3, 0.4) is 0 Å². The third-order valence-electron chi connectivity index (χ3n) is 6.67. The third kappa shape index (κ3) is 3.16. The van der Waals surface area contributed by atoms with E-state index in [1.54, 1.807) is 0 Å². The highest BCUT2D eigenvalue weighted by Gasteiger charge is 2.45. The first-order valence-electron chi connectivity index (χ1n) is 9.91. The lowest BCUT2D eigenvalue weighted by Crippen LogP contribution is -2.64. The number of nitrogens with two attached hydrogens (primary N) is 1. The lowest BCUT2D eigenvalue weighted by molar-refractivity contribution is -0.138. The summed E-state index contributed by atoms with van der Waals surface area (Å²) in [5.74, 6) is -0.176. The Morgan fingerprint density at radius 2 is 1.81 bits per heavy atom. The summed E-state index contributed by atoms with van der Waals surface area (Å²) in [6, 6.07) is 8.59. The molecule has 1 aromatic heterocycles. The zero-order chi connectivity index (χ0) is 19.0. The van der Waals surface area contributed by atoms with Gasteiger partial charge >= 0.3 is 0 Å². The Labute approximate surface area is 160 Å². The van der Waals surface area contributed by atoms with Gasteiger partial charge in [-0.1, -0.05) is 18.2 Å². The molecule has 1 amide bonds. The van der Waals surface area contributed by atoms with Crippen molar-refractivity contribution in [2.45, 2.75) is 31.8 Å². The Morgan fingerprint density at radius 1 is 1.15 bits per heavy atom. The first kappa shape index (κ1) is 18.5. The van der Waals surface area contributed by atoms with Crippen LogP contribution in [0.1, 0.15) is 24.1 Å². The number of fused-ring (bicyclic) bond motifs is 1. The van der Waals surface area contributed by atoms with Crippen LogP contribution in [0.5, 0.6) is 0 Å². The number of ether oxygens (including phenoxy) is 1. The van der Waals surface area contributed by atoms with Crippen LogP contribution in [-0.2, 0) is 23.1 Å². The van der Waals surface area contributed by atoms with Gasteiger partial charge in [0.2, 0.25) is 5.91 Å². The molecule has 0 radical (unpaired) electrons. The van der Waals surface area contributed by atoms with E-state index in [1.165, 1.54) is 22.2 Å². The summed E-state index contributed by atoms with van der Waals surface area (Å²) in [5, 5.41) is 1.33. The van der Waals surface area contributed by atoms with Crippen LogP contribution >= 0.6 is 0 Å². The predicted molar refractivity (Wildman–Crippen MR) is 106 cm³/mol. The predicted octanol–water partition coefficient (Wildman–Crippen LogP) is 1.64. The van der Waals surface area contributed by atoms with Gasteiger partial charge in [0.15, 0.2) is 0 Å². The number of hydrogen-bond acceptors (Lipinski definition) is 4. The summed E-state index contributed by atoms with van der Waals surface area (Å²) < 4.78 is 7.74. The molecule has 2 aliphatic rings. The highest BCUT2D eigenvalue weighted by molar-refractivity contribution is 5.86. The molecule has 0 atom stereocenters. The summed E-state index contributed by atoms with van der Waals surface area (Å²) >= 11 is 0. The number of amides is 1. The van der Waals surface area contributed by atoms with E-state index in [1.807, 2.05) is 0 Å². The van der Waals surface area contributed by atoms with E-state index in [-0.39, 0.29) is 5.91 Å². The largest absolute Gasteiger partial charge is 0.379 e. The van der Waals surface area contributed by atoms with Gasteiger partial charge in [0.25, 0.3) is 0 Å². The van der Waals surface area contributed by atoms with E-state index in [0.29, 0.717) is 13.2 Å². The summed E-state index contributed by atoms with van der Waals surface area (Å²) in [6.07, 6.45) is 1.60. The number of rotatable bonds is 4. The molecule has 2 saturated heterocycles. The van der Waals surface area contributed by atoms with Gasteiger partial charge in [-0.15, -0.1) is 0 Å². The highest BCUT2D eigenvalue weighted by atomic mass is 16.5. The Kier molecular flexibility index (Phi) is 4.97. The van der Waals surface area contributed by atoms with Crippen molar-refractivity contribution >= 4 is 16.8 Å². The van der Waals surface area contributed by atoms with Crippen molar-refractivity contribution in [1.29, 1.82) is 0 Å². The molecule has 1 aromatic carbocycles. The number of likely N-dealkylation sites (tertiary alicyclic amines) is 1. The van der Waals surface area contributed by atoms with Crippen molar-refractivity contribution in [3.63, 3.8) is 0 Å². The number of carbonyl (C=O) groups excluding carboxylic acids is 1. The summed E-state index contributed by atoms with van der Waals surface area (Å²) in [5.41, 5.74) is 9.37. The highest BCUT2D eigenvalue weighted by Crippen LogP contribution is 2.32. The van der Waals surface area contributed by atoms with Crippen LogP contribution < -0.4 is 5.73 Å². The number of carbonyl (C=O) groups is 1. The fraction of sp³-hybridized carbons (Fsp3) is 0.571. The Bertz CT molecular complexity index is 830. The zero-order valence-corrected chi connectivity index (χ0v) is 16.4. The topological polar surface area (TPSA) is 63.7 Å². The molecule has 146 valence electrons. The molecule has 27 heavy (non-hydrogen) atoms. The van der Waals surface area contributed by atoms with Gasteiger partial charge in [-0.2, -0.15) is 0 Å². The van der Waals surface area contributed by atoms with Crippen molar-refractivity contribution in [3.8, 4) is 0 Å². The molecule has 0 unspecified atom stereocenters. The molecular formula is C21H30N4O2. The number of nitrogens with zero attached hydrogens (tertiary/aromatic N) is 3. The zero-order valence-electron chi connectivity index (χ0n) is 16.4. The molecule has 0 saturated carbocycles. The second kappa shape index (κ2) is 7.26. The smallest absolute Gasteiger partial charge is 0.238 e. The molecule has 2 aliphatic heterocycles. The normalized spacial score (nSPS) is 21.6. The second-order valence-electron chi connectivity index (χ2n) is 7.91. The van der Waals surface area contributed by atoms with Crippen LogP contribution in [0.15, 0.2) is 24.3 Å². The van der Waals surface area contributed by atoms with Crippen LogP contribution in [0.4, 0.5) is 0 Å². The lowest BCUT2D eigenvalue weighted by atomic mass is 9.84. The Hall–Kier alpha value is -1.89. The number of aromatic nitrogens is 1. The summed E-state index contributed by atoms with van der Waals surface area (Å²) in [4.78, 5) is 17.1. The maximum Gasteiger partial charge on any atom is 0.238 e. The van der Waals surface area contributed by atoms with Crippen molar-refractivity contribution in [1.82, 2.24) is 14.4 Å². The van der Waals surface area contributed by atoms with E-state index in [4.69, 9.17) is 10.5 Å². The van der Waals surface area contributed by atoms with Gasteiger partial charge < -0.3 is 15.0 Å². The minimum atomic E-state index is -0.506. The standard InChI is InChI=1S/C21H30N4O2/c1-16-18(17-5-3-4-6-19(17)23(16)2)15-24-9-7-21(8-10-24,20(22)26)25-11-13-27-14-12-25/h3-6H,7-15H2,1-2H3,(H2,22,26). The molecule has 2 N–H and O–H groups in total. The first-order valence-corrected chi connectivity index (χ1v) is 9.91. The number of hydrogen-bond donors (Lipinski definition) is 1. The monoisotopic (exact) mass is 370 g/mol.